The van der Waals surface area contributed by atoms with Crippen LogP contribution in [0.25, 0.3) is 22.4 Å². The summed E-state index contributed by atoms with van der Waals surface area (Å²) in [7, 11) is 0. The van der Waals surface area contributed by atoms with Crippen molar-refractivity contribution < 1.29 is 15.0 Å². The number of nitriles is 1. The largest absolute Gasteiger partial charge is 0.504 e. The number of ketones is 1. The molecule has 1 aromatic heterocycles. The van der Waals surface area contributed by atoms with Crippen molar-refractivity contribution >= 4 is 5.78 Å². The smallest absolute Gasteiger partial charge is 0.196 e. The first-order chi connectivity index (χ1) is 11.6. The summed E-state index contributed by atoms with van der Waals surface area (Å²) in [4.78, 5) is 17.1. The van der Waals surface area contributed by atoms with Crippen LogP contribution >= 0.6 is 0 Å². The summed E-state index contributed by atoms with van der Waals surface area (Å²) in [5.41, 5.74) is 3.27. The van der Waals surface area contributed by atoms with E-state index in [-0.39, 0.29) is 22.8 Å². The van der Waals surface area contributed by atoms with Gasteiger partial charge in [-0.1, -0.05) is 30.3 Å². The Kier molecular flexibility index (Phi) is 2.87. The molecule has 5 nitrogen and oxygen atoms in total. The molecule has 4 rings (SSSR count). The van der Waals surface area contributed by atoms with Crippen molar-refractivity contribution in [2.75, 3.05) is 0 Å². The molecule has 0 atom stereocenters. The van der Waals surface area contributed by atoms with E-state index < -0.39 is 0 Å². The third kappa shape index (κ3) is 1.80. The van der Waals surface area contributed by atoms with Crippen molar-refractivity contribution in [2.45, 2.75) is 0 Å². The van der Waals surface area contributed by atoms with Crippen molar-refractivity contribution in [3.8, 4) is 40.0 Å². The van der Waals surface area contributed by atoms with Gasteiger partial charge in [-0.05, 0) is 17.7 Å². The summed E-state index contributed by atoms with van der Waals surface area (Å²) in [6.07, 6.45) is 1.42. The van der Waals surface area contributed by atoms with Gasteiger partial charge in [0.1, 0.15) is 6.07 Å². The molecule has 0 unspecified atom stereocenters. The van der Waals surface area contributed by atoms with Crippen molar-refractivity contribution in [1.29, 1.82) is 5.26 Å². The van der Waals surface area contributed by atoms with Gasteiger partial charge in [0.25, 0.3) is 0 Å². The number of aromatic nitrogens is 1. The number of fused-ring (bicyclic) bond motifs is 3. The lowest BCUT2D eigenvalue weighted by Gasteiger charge is -2.10. The molecule has 0 amide bonds. The molecular formula is C19H10N2O3. The van der Waals surface area contributed by atoms with E-state index in [0.29, 0.717) is 27.9 Å². The van der Waals surface area contributed by atoms with Gasteiger partial charge < -0.3 is 10.2 Å². The summed E-state index contributed by atoms with van der Waals surface area (Å²) in [6, 6.07) is 13.4. The molecule has 1 aliphatic carbocycles. The number of phenolic OH excluding ortho intramolecular Hbond substituents is 2. The minimum Gasteiger partial charge on any atom is -0.504 e. The second-order valence-electron chi connectivity index (χ2n) is 5.46. The SMILES string of the molecule is N#Cc1cnc2c(c1-c1ccc(O)c(O)c1)C(=O)c1ccccc1-2. The van der Waals surface area contributed by atoms with Gasteiger partial charge in [-0.15, -0.1) is 0 Å². The number of nitrogens with zero attached hydrogens (tertiary/aromatic N) is 2. The Morgan fingerprint density at radius 2 is 1.71 bits per heavy atom. The van der Waals surface area contributed by atoms with E-state index in [1.165, 1.54) is 18.3 Å². The van der Waals surface area contributed by atoms with Crippen LogP contribution in [-0.2, 0) is 0 Å². The zero-order chi connectivity index (χ0) is 16.8. The summed E-state index contributed by atoms with van der Waals surface area (Å²) >= 11 is 0. The lowest BCUT2D eigenvalue weighted by atomic mass is 9.94. The number of carbonyl (C=O) groups is 1. The van der Waals surface area contributed by atoms with Crippen LogP contribution in [0.5, 0.6) is 11.5 Å². The Labute approximate surface area is 137 Å². The van der Waals surface area contributed by atoms with Gasteiger partial charge in [0.15, 0.2) is 17.3 Å². The van der Waals surface area contributed by atoms with Crippen molar-refractivity contribution in [3.05, 3.63) is 65.4 Å². The van der Waals surface area contributed by atoms with Gasteiger partial charge in [-0.2, -0.15) is 5.26 Å². The van der Waals surface area contributed by atoms with Crippen molar-refractivity contribution in [2.24, 2.45) is 0 Å². The maximum atomic E-state index is 12.8. The minimum atomic E-state index is -0.315. The summed E-state index contributed by atoms with van der Waals surface area (Å²) in [5.74, 6) is -0.782. The Morgan fingerprint density at radius 3 is 2.42 bits per heavy atom. The quantitative estimate of drug-likeness (QED) is 0.526. The van der Waals surface area contributed by atoms with Gasteiger partial charge in [0, 0.05) is 22.9 Å². The second kappa shape index (κ2) is 4.93. The average Bonchev–Trinajstić information content (AvgIpc) is 2.90. The van der Waals surface area contributed by atoms with E-state index in [0.717, 1.165) is 5.56 Å². The van der Waals surface area contributed by atoms with Crippen molar-refractivity contribution in [1.82, 2.24) is 4.98 Å². The number of hydrogen-bond donors (Lipinski definition) is 2. The standard InChI is InChI=1S/C19H10N2O3/c20-8-11-9-21-18-12-3-1-2-4-13(12)19(24)17(18)16(11)10-5-6-14(22)15(23)7-10/h1-7,9,22-23H. The molecule has 2 N–H and O–H groups in total. The highest BCUT2D eigenvalue weighted by molar-refractivity contribution is 6.24. The number of aromatic hydroxyl groups is 2. The summed E-state index contributed by atoms with van der Waals surface area (Å²) in [5, 5.41) is 28.7. The van der Waals surface area contributed by atoms with Crippen LogP contribution in [0.1, 0.15) is 21.5 Å². The lowest BCUT2D eigenvalue weighted by Crippen LogP contribution is -2.01. The normalized spacial score (nSPS) is 11.7. The Hall–Kier alpha value is -3.65. The van der Waals surface area contributed by atoms with Crippen LogP contribution < -0.4 is 0 Å². The molecule has 5 heteroatoms. The van der Waals surface area contributed by atoms with Crippen molar-refractivity contribution in [3.63, 3.8) is 0 Å². The molecule has 1 aliphatic rings. The fourth-order valence-electron chi connectivity index (χ4n) is 3.02. The molecule has 1 heterocycles. The fourth-order valence-corrected chi connectivity index (χ4v) is 3.02. The van der Waals surface area contributed by atoms with Gasteiger partial charge in [-0.25, -0.2) is 0 Å². The molecule has 0 fully saturated rings. The van der Waals surface area contributed by atoms with E-state index >= 15 is 0 Å². The Bertz CT molecular complexity index is 1060. The van der Waals surface area contributed by atoms with Crippen LogP contribution in [-0.4, -0.2) is 21.0 Å². The number of pyridine rings is 1. The molecule has 2 aromatic carbocycles. The number of hydrogen-bond acceptors (Lipinski definition) is 5. The Morgan fingerprint density at radius 1 is 0.958 bits per heavy atom. The van der Waals surface area contributed by atoms with Crippen LogP contribution in [0.4, 0.5) is 0 Å². The van der Waals surface area contributed by atoms with E-state index in [9.17, 15) is 20.3 Å². The molecule has 3 aromatic rings. The van der Waals surface area contributed by atoms with E-state index in [4.69, 9.17) is 0 Å². The fraction of sp³-hybridized carbons (Fsp3) is 0. The number of phenols is 2. The highest BCUT2D eigenvalue weighted by atomic mass is 16.3. The molecule has 0 spiro atoms. The predicted octanol–water partition coefficient (Wildman–Crippen LogP) is 3.24. The van der Waals surface area contributed by atoms with Gasteiger partial charge in [0.05, 0.1) is 16.8 Å². The monoisotopic (exact) mass is 314 g/mol. The predicted molar refractivity (Wildman–Crippen MR) is 86.6 cm³/mol. The number of carbonyl (C=O) groups excluding carboxylic acids is 1. The van der Waals surface area contributed by atoms with Crippen LogP contribution in [0.3, 0.4) is 0 Å². The topological polar surface area (TPSA) is 94.2 Å². The number of rotatable bonds is 1. The molecule has 0 bridgehead atoms. The molecule has 0 aliphatic heterocycles. The highest BCUT2D eigenvalue weighted by Gasteiger charge is 2.32. The van der Waals surface area contributed by atoms with Crippen LogP contribution in [0, 0.1) is 11.3 Å². The zero-order valence-electron chi connectivity index (χ0n) is 12.3. The van der Waals surface area contributed by atoms with Gasteiger partial charge in [-0.3, -0.25) is 9.78 Å². The zero-order valence-corrected chi connectivity index (χ0v) is 12.3. The van der Waals surface area contributed by atoms with E-state index in [1.807, 2.05) is 18.2 Å². The van der Waals surface area contributed by atoms with Crippen LogP contribution in [0.15, 0.2) is 48.7 Å². The van der Waals surface area contributed by atoms with E-state index in [1.54, 1.807) is 18.2 Å². The third-order valence-electron chi connectivity index (χ3n) is 4.12. The maximum absolute atomic E-state index is 12.8. The molecule has 114 valence electrons. The lowest BCUT2D eigenvalue weighted by molar-refractivity contribution is 0.104. The molecule has 24 heavy (non-hydrogen) atoms. The first kappa shape index (κ1) is 14.0. The highest BCUT2D eigenvalue weighted by Crippen LogP contribution is 2.42. The molecule has 0 saturated heterocycles. The van der Waals surface area contributed by atoms with Gasteiger partial charge >= 0.3 is 0 Å². The third-order valence-corrected chi connectivity index (χ3v) is 4.12. The minimum absolute atomic E-state index is 0.201. The molecule has 0 saturated carbocycles. The Balaban J connectivity index is 2.07. The summed E-state index contributed by atoms with van der Waals surface area (Å²) in [6.45, 7) is 0. The first-order valence-corrected chi connectivity index (χ1v) is 7.21. The van der Waals surface area contributed by atoms with Gasteiger partial charge in [0.2, 0.25) is 0 Å². The molecule has 0 radical (unpaired) electrons. The summed E-state index contributed by atoms with van der Waals surface area (Å²) < 4.78 is 0. The first-order valence-electron chi connectivity index (χ1n) is 7.21. The second-order valence-corrected chi connectivity index (χ2v) is 5.46. The maximum Gasteiger partial charge on any atom is 0.196 e. The molecular weight excluding hydrogens is 304 g/mol. The number of benzene rings is 2. The van der Waals surface area contributed by atoms with E-state index in [2.05, 4.69) is 4.98 Å². The van der Waals surface area contributed by atoms with Crippen LogP contribution in [0.2, 0.25) is 0 Å². The average molecular weight is 314 g/mol.